The maximum absolute atomic E-state index is 12.2. The number of carbonyl (C=O) groups is 1. The van der Waals surface area contributed by atoms with Gasteiger partial charge in [-0.1, -0.05) is 41.9 Å². The van der Waals surface area contributed by atoms with Gasteiger partial charge in [-0.3, -0.25) is 14.9 Å². The van der Waals surface area contributed by atoms with Crippen LogP contribution >= 0.6 is 11.6 Å². The number of para-hydroxylation sites is 2. The minimum Gasteiger partial charge on any atom is -0.493 e. The molecular formula is C23H19ClN2O5. The van der Waals surface area contributed by atoms with E-state index in [1.807, 2.05) is 12.1 Å². The zero-order valence-electron chi connectivity index (χ0n) is 16.6. The number of ether oxygens (including phenoxy) is 2. The van der Waals surface area contributed by atoms with Crippen molar-refractivity contribution in [2.24, 2.45) is 0 Å². The number of anilines is 1. The van der Waals surface area contributed by atoms with Gasteiger partial charge in [-0.25, -0.2) is 0 Å². The number of halogens is 1. The molecule has 3 aromatic rings. The van der Waals surface area contributed by atoms with Crippen LogP contribution in [-0.2, 0) is 11.4 Å². The molecule has 0 saturated heterocycles. The quantitative estimate of drug-likeness (QED) is 0.285. The number of hydrogen-bond donors (Lipinski definition) is 1. The van der Waals surface area contributed by atoms with Crippen LogP contribution in [0.15, 0.2) is 72.8 Å². The van der Waals surface area contributed by atoms with Crippen LogP contribution in [0, 0.1) is 10.1 Å². The number of amides is 1. The lowest BCUT2D eigenvalue weighted by atomic mass is 10.2. The molecule has 158 valence electrons. The van der Waals surface area contributed by atoms with Gasteiger partial charge < -0.3 is 14.8 Å². The molecule has 0 spiro atoms. The first-order valence-corrected chi connectivity index (χ1v) is 9.62. The first kappa shape index (κ1) is 21.9. The number of nitro benzene ring substituents is 1. The molecule has 0 fully saturated rings. The zero-order chi connectivity index (χ0) is 22.2. The number of rotatable bonds is 8. The van der Waals surface area contributed by atoms with Gasteiger partial charge >= 0.3 is 0 Å². The molecule has 3 aromatic carbocycles. The van der Waals surface area contributed by atoms with Gasteiger partial charge in [0.05, 0.1) is 12.0 Å². The standard InChI is InChI=1S/C23H19ClN2O5/c1-30-22-14-16(8-12-21(22)31-15-17-6-10-18(24)11-7-17)9-13-23(27)25-19-4-2-3-5-20(19)26(28)29/h2-14H,15H2,1H3,(H,25,27)/b13-9+. The van der Waals surface area contributed by atoms with Crippen molar-refractivity contribution < 1.29 is 19.2 Å². The number of nitrogens with one attached hydrogen (secondary N) is 1. The van der Waals surface area contributed by atoms with E-state index >= 15 is 0 Å². The second-order valence-corrected chi connectivity index (χ2v) is 6.86. The highest BCUT2D eigenvalue weighted by Gasteiger charge is 2.13. The molecule has 1 N–H and O–H groups in total. The molecule has 0 radical (unpaired) electrons. The highest BCUT2D eigenvalue weighted by atomic mass is 35.5. The Labute approximate surface area is 184 Å². The van der Waals surface area contributed by atoms with Crippen molar-refractivity contribution in [2.75, 3.05) is 12.4 Å². The van der Waals surface area contributed by atoms with Crippen LogP contribution in [-0.4, -0.2) is 17.9 Å². The van der Waals surface area contributed by atoms with E-state index in [4.69, 9.17) is 21.1 Å². The Hall–Kier alpha value is -3.84. The van der Waals surface area contributed by atoms with Crippen LogP contribution in [0.25, 0.3) is 6.08 Å². The Morgan fingerprint density at radius 2 is 1.84 bits per heavy atom. The molecule has 3 rings (SSSR count). The summed E-state index contributed by atoms with van der Waals surface area (Å²) in [5.41, 5.74) is 1.62. The van der Waals surface area contributed by atoms with Crippen molar-refractivity contribution in [3.8, 4) is 11.5 Å². The third-order valence-electron chi connectivity index (χ3n) is 4.28. The summed E-state index contributed by atoms with van der Waals surface area (Å²) in [6, 6.07) is 18.5. The maximum atomic E-state index is 12.2. The Bertz CT molecular complexity index is 1110. The summed E-state index contributed by atoms with van der Waals surface area (Å²) in [6.07, 6.45) is 2.87. The summed E-state index contributed by atoms with van der Waals surface area (Å²) >= 11 is 5.89. The minimum atomic E-state index is -0.549. The summed E-state index contributed by atoms with van der Waals surface area (Å²) in [5, 5.41) is 14.2. The lowest BCUT2D eigenvalue weighted by Crippen LogP contribution is -2.09. The molecule has 0 unspecified atom stereocenters. The van der Waals surface area contributed by atoms with Crippen molar-refractivity contribution in [3.05, 3.63) is 99.1 Å². The summed E-state index contributed by atoms with van der Waals surface area (Å²) in [6.45, 7) is 0.348. The molecular weight excluding hydrogens is 420 g/mol. The van der Waals surface area contributed by atoms with Crippen LogP contribution in [0.1, 0.15) is 11.1 Å². The topological polar surface area (TPSA) is 90.7 Å². The predicted molar refractivity (Wildman–Crippen MR) is 120 cm³/mol. The van der Waals surface area contributed by atoms with Crippen LogP contribution in [0.2, 0.25) is 5.02 Å². The fourth-order valence-electron chi connectivity index (χ4n) is 2.73. The van der Waals surface area contributed by atoms with E-state index in [0.29, 0.717) is 28.7 Å². The maximum Gasteiger partial charge on any atom is 0.292 e. The summed E-state index contributed by atoms with van der Waals surface area (Å²) in [5.74, 6) is 0.575. The van der Waals surface area contributed by atoms with E-state index in [0.717, 1.165) is 5.56 Å². The zero-order valence-corrected chi connectivity index (χ0v) is 17.3. The summed E-state index contributed by atoms with van der Waals surface area (Å²) in [7, 11) is 1.53. The number of benzene rings is 3. The molecule has 0 atom stereocenters. The Balaban J connectivity index is 1.66. The van der Waals surface area contributed by atoms with Crippen LogP contribution in [0.5, 0.6) is 11.5 Å². The highest BCUT2D eigenvalue weighted by molar-refractivity contribution is 6.30. The molecule has 0 aliphatic heterocycles. The number of nitro groups is 1. The average Bonchev–Trinajstić information content (AvgIpc) is 2.77. The molecule has 0 aliphatic carbocycles. The van der Waals surface area contributed by atoms with E-state index in [1.165, 1.54) is 31.4 Å². The molecule has 0 aromatic heterocycles. The van der Waals surface area contributed by atoms with Crippen molar-refractivity contribution in [1.82, 2.24) is 0 Å². The Morgan fingerprint density at radius 1 is 1.10 bits per heavy atom. The van der Waals surface area contributed by atoms with E-state index < -0.39 is 10.8 Å². The van der Waals surface area contributed by atoms with Crippen LogP contribution < -0.4 is 14.8 Å². The van der Waals surface area contributed by atoms with Gasteiger partial charge in [0.1, 0.15) is 12.3 Å². The number of methoxy groups -OCH3 is 1. The average molecular weight is 439 g/mol. The number of carbonyl (C=O) groups excluding carboxylic acids is 1. The van der Waals surface area contributed by atoms with E-state index in [2.05, 4.69) is 5.32 Å². The fourth-order valence-corrected chi connectivity index (χ4v) is 2.86. The van der Waals surface area contributed by atoms with E-state index in [-0.39, 0.29) is 11.4 Å². The van der Waals surface area contributed by atoms with Crippen molar-refractivity contribution >= 4 is 35.0 Å². The van der Waals surface area contributed by atoms with Gasteiger partial charge in [0.25, 0.3) is 5.69 Å². The monoisotopic (exact) mass is 438 g/mol. The predicted octanol–water partition coefficient (Wildman–Crippen LogP) is 5.49. The molecule has 0 aliphatic rings. The second-order valence-electron chi connectivity index (χ2n) is 6.42. The summed E-state index contributed by atoms with van der Waals surface area (Å²) < 4.78 is 11.2. The molecule has 0 bridgehead atoms. The van der Waals surface area contributed by atoms with E-state index in [1.54, 1.807) is 42.5 Å². The largest absolute Gasteiger partial charge is 0.493 e. The molecule has 7 nitrogen and oxygen atoms in total. The first-order valence-electron chi connectivity index (χ1n) is 9.24. The fraction of sp³-hybridized carbons (Fsp3) is 0.0870. The third-order valence-corrected chi connectivity index (χ3v) is 4.53. The normalized spacial score (nSPS) is 10.6. The van der Waals surface area contributed by atoms with Crippen LogP contribution in [0.3, 0.4) is 0 Å². The molecule has 0 saturated carbocycles. The van der Waals surface area contributed by atoms with Gasteiger partial charge in [-0.05, 0) is 47.5 Å². The highest BCUT2D eigenvalue weighted by Crippen LogP contribution is 2.29. The third kappa shape index (κ3) is 6.07. The van der Waals surface area contributed by atoms with Gasteiger partial charge in [0.2, 0.25) is 5.91 Å². The SMILES string of the molecule is COc1cc(/C=C/C(=O)Nc2ccccc2[N+](=O)[O-])ccc1OCc1ccc(Cl)cc1. The van der Waals surface area contributed by atoms with Gasteiger partial charge in [0, 0.05) is 17.2 Å². The van der Waals surface area contributed by atoms with Gasteiger partial charge in [-0.15, -0.1) is 0 Å². The van der Waals surface area contributed by atoms with Crippen molar-refractivity contribution in [2.45, 2.75) is 6.61 Å². The smallest absolute Gasteiger partial charge is 0.292 e. The molecule has 0 heterocycles. The molecule has 8 heteroatoms. The van der Waals surface area contributed by atoms with Gasteiger partial charge in [0.15, 0.2) is 11.5 Å². The second kappa shape index (κ2) is 10.3. The lowest BCUT2D eigenvalue weighted by molar-refractivity contribution is -0.383. The van der Waals surface area contributed by atoms with E-state index in [9.17, 15) is 14.9 Å². The summed E-state index contributed by atoms with van der Waals surface area (Å²) in [4.78, 5) is 22.7. The Morgan fingerprint density at radius 3 is 2.55 bits per heavy atom. The van der Waals surface area contributed by atoms with Crippen molar-refractivity contribution in [1.29, 1.82) is 0 Å². The van der Waals surface area contributed by atoms with Crippen LogP contribution in [0.4, 0.5) is 11.4 Å². The first-order chi connectivity index (χ1) is 15.0. The van der Waals surface area contributed by atoms with Gasteiger partial charge in [-0.2, -0.15) is 0 Å². The molecule has 1 amide bonds. The number of nitrogens with zero attached hydrogens (tertiary/aromatic N) is 1. The molecule has 31 heavy (non-hydrogen) atoms. The lowest BCUT2D eigenvalue weighted by Gasteiger charge is -2.11. The minimum absolute atomic E-state index is 0.130. The van der Waals surface area contributed by atoms with Crippen molar-refractivity contribution in [3.63, 3.8) is 0 Å². The Kier molecular flexibility index (Phi) is 7.24. The number of hydrogen-bond acceptors (Lipinski definition) is 5.